The molecule has 4 rings (SSSR count). The molecule has 0 unspecified atom stereocenters. The topological polar surface area (TPSA) is 99.8 Å². The van der Waals surface area contributed by atoms with Gasteiger partial charge in [0.25, 0.3) is 5.56 Å². The molecule has 2 aromatic heterocycles. The number of nitrogens with two attached hydrogens (primary N) is 1. The Labute approximate surface area is 144 Å². The zero-order chi connectivity index (χ0) is 16.0. The number of benzene rings is 1. The van der Waals surface area contributed by atoms with Gasteiger partial charge >= 0.3 is 0 Å². The molecule has 0 spiro atoms. The largest absolute Gasteiger partial charge is 0.337 e. The Balaban J connectivity index is 0.00000169. The van der Waals surface area contributed by atoms with Crippen LogP contribution in [0.15, 0.2) is 33.8 Å². The molecule has 0 radical (unpaired) electrons. The molecule has 7 nitrogen and oxygen atoms in total. The summed E-state index contributed by atoms with van der Waals surface area (Å²) in [6, 6.07) is 5.56. The number of rotatable bonds is 3. The van der Waals surface area contributed by atoms with Gasteiger partial charge in [-0.3, -0.25) is 9.36 Å². The maximum atomic E-state index is 12.6. The van der Waals surface area contributed by atoms with Crippen LogP contribution >= 0.6 is 12.4 Å². The van der Waals surface area contributed by atoms with E-state index in [2.05, 4.69) is 15.1 Å². The van der Waals surface area contributed by atoms with Gasteiger partial charge in [-0.1, -0.05) is 17.3 Å². The lowest BCUT2D eigenvalue weighted by atomic mass is 9.77. The Kier molecular flexibility index (Phi) is 4.15. The van der Waals surface area contributed by atoms with Gasteiger partial charge in [-0.25, -0.2) is 4.98 Å². The van der Waals surface area contributed by atoms with Gasteiger partial charge in [-0.05, 0) is 37.8 Å². The Morgan fingerprint density at radius 3 is 2.88 bits per heavy atom. The highest BCUT2D eigenvalue weighted by Gasteiger charge is 2.38. The van der Waals surface area contributed by atoms with Crippen molar-refractivity contribution in [3.63, 3.8) is 0 Å². The van der Waals surface area contributed by atoms with Crippen molar-refractivity contribution >= 4 is 23.3 Å². The molecule has 3 aromatic rings. The molecule has 1 fully saturated rings. The molecule has 24 heavy (non-hydrogen) atoms. The van der Waals surface area contributed by atoms with Crippen LogP contribution in [0.3, 0.4) is 0 Å². The molecule has 1 saturated carbocycles. The molecule has 0 aliphatic heterocycles. The lowest BCUT2D eigenvalue weighted by Gasteiger charge is -2.34. The minimum Gasteiger partial charge on any atom is -0.337 e. The van der Waals surface area contributed by atoms with E-state index in [0.29, 0.717) is 17.1 Å². The number of aryl methyl sites for hydroxylation is 1. The second kappa shape index (κ2) is 5.99. The number of nitrogens with zero attached hydrogens (tertiary/aromatic N) is 4. The van der Waals surface area contributed by atoms with Crippen LogP contribution in [-0.4, -0.2) is 19.7 Å². The molecule has 0 amide bonds. The van der Waals surface area contributed by atoms with E-state index in [1.807, 2.05) is 19.1 Å². The van der Waals surface area contributed by atoms with Crippen molar-refractivity contribution in [3.05, 3.63) is 52.2 Å². The second-order valence-electron chi connectivity index (χ2n) is 6.17. The number of halogens is 1. The number of fused-ring (bicyclic) bond motifs is 1. The Bertz CT molecular complexity index is 945. The highest BCUT2D eigenvalue weighted by Crippen LogP contribution is 2.36. The summed E-state index contributed by atoms with van der Waals surface area (Å²) in [5.41, 5.74) is 7.29. The van der Waals surface area contributed by atoms with Gasteiger partial charge in [-0.15, -0.1) is 12.4 Å². The molecule has 2 heterocycles. The summed E-state index contributed by atoms with van der Waals surface area (Å²) < 4.78 is 6.73. The van der Waals surface area contributed by atoms with E-state index >= 15 is 0 Å². The fourth-order valence-electron chi connectivity index (χ4n) is 2.90. The summed E-state index contributed by atoms with van der Waals surface area (Å²) in [6.45, 7) is 2.13. The van der Waals surface area contributed by atoms with Crippen LogP contribution in [0.1, 0.15) is 36.5 Å². The summed E-state index contributed by atoms with van der Waals surface area (Å²) in [7, 11) is 0. The quantitative estimate of drug-likeness (QED) is 0.776. The van der Waals surface area contributed by atoms with E-state index < -0.39 is 5.54 Å². The van der Waals surface area contributed by atoms with Crippen molar-refractivity contribution in [2.75, 3.05) is 0 Å². The second-order valence-corrected chi connectivity index (χ2v) is 6.17. The highest BCUT2D eigenvalue weighted by atomic mass is 35.5. The number of hydrogen-bond acceptors (Lipinski definition) is 6. The Hall–Kier alpha value is -2.25. The predicted molar refractivity (Wildman–Crippen MR) is 91.1 cm³/mol. The molecule has 0 bridgehead atoms. The first-order valence-corrected chi connectivity index (χ1v) is 7.63. The van der Waals surface area contributed by atoms with Crippen molar-refractivity contribution in [1.29, 1.82) is 0 Å². The fourth-order valence-corrected chi connectivity index (χ4v) is 2.90. The third kappa shape index (κ3) is 2.59. The van der Waals surface area contributed by atoms with Gasteiger partial charge in [0, 0.05) is 0 Å². The van der Waals surface area contributed by atoms with Crippen molar-refractivity contribution in [2.45, 2.75) is 38.3 Å². The summed E-state index contributed by atoms with van der Waals surface area (Å²) >= 11 is 0. The molecule has 8 heteroatoms. The van der Waals surface area contributed by atoms with Crippen LogP contribution in [0.4, 0.5) is 0 Å². The van der Waals surface area contributed by atoms with Gasteiger partial charge in [0.1, 0.15) is 6.54 Å². The lowest BCUT2D eigenvalue weighted by molar-refractivity contribution is 0.228. The standard InChI is InChI=1S/C16H17N5O2.ClH/c1-10-4-2-5-11-13(10)18-9-21(14(11)22)8-12-19-15(20-23-12)16(17)6-3-7-16;/h2,4-5,9H,3,6-8,17H2,1H3;1H. The van der Waals surface area contributed by atoms with Crippen LogP contribution in [0.2, 0.25) is 0 Å². The van der Waals surface area contributed by atoms with Crippen molar-refractivity contribution in [2.24, 2.45) is 5.73 Å². The normalized spacial score (nSPS) is 15.8. The minimum atomic E-state index is -0.467. The lowest BCUT2D eigenvalue weighted by Crippen LogP contribution is -2.44. The van der Waals surface area contributed by atoms with Crippen molar-refractivity contribution in [3.8, 4) is 0 Å². The SMILES string of the molecule is Cc1cccc2c(=O)n(Cc3nc(C4(N)CCC4)no3)cnc12.Cl. The van der Waals surface area contributed by atoms with E-state index in [-0.39, 0.29) is 24.5 Å². The minimum absolute atomic E-state index is 0. The smallest absolute Gasteiger partial charge is 0.261 e. The molecule has 1 aromatic carbocycles. The predicted octanol–water partition coefficient (Wildman–Crippen LogP) is 1.90. The van der Waals surface area contributed by atoms with Gasteiger partial charge in [0.15, 0.2) is 5.82 Å². The van der Waals surface area contributed by atoms with Gasteiger partial charge in [0.05, 0.1) is 22.8 Å². The first-order chi connectivity index (χ1) is 11.1. The van der Waals surface area contributed by atoms with Crippen LogP contribution in [0.25, 0.3) is 10.9 Å². The van der Waals surface area contributed by atoms with E-state index in [4.69, 9.17) is 10.3 Å². The molecule has 0 atom stereocenters. The average molecular weight is 348 g/mol. The molecule has 1 aliphatic rings. The summed E-state index contributed by atoms with van der Waals surface area (Å²) in [4.78, 5) is 21.3. The fraction of sp³-hybridized carbons (Fsp3) is 0.375. The van der Waals surface area contributed by atoms with E-state index in [9.17, 15) is 4.79 Å². The zero-order valence-electron chi connectivity index (χ0n) is 13.2. The average Bonchev–Trinajstić information content (AvgIpc) is 2.97. The molecule has 0 saturated heterocycles. The van der Waals surface area contributed by atoms with E-state index in [1.54, 1.807) is 6.07 Å². The molecule has 1 aliphatic carbocycles. The van der Waals surface area contributed by atoms with E-state index in [1.165, 1.54) is 10.9 Å². The summed E-state index contributed by atoms with van der Waals surface area (Å²) in [5, 5.41) is 4.55. The molecular formula is C16H18ClN5O2. The van der Waals surface area contributed by atoms with Crippen LogP contribution in [0.5, 0.6) is 0 Å². The molecular weight excluding hydrogens is 330 g/mol. The first kappa shape index (κ1) is 16.6. The van der Waals surface area contributed by atoms with E-state index in [0.717, 1.165) is 30.3 Å². The van der Waals surface area contributed by atoms with Gasteiger partial charge in [0.2, 0.25) is 5.89 Å². The van der Waals surface area contributed by atoms with Gasteiger partial charge < -0.3 is 10.3 Å². The Morgan fingerprint density at radius 2 is 2.17 bits per heavy atom. The third-order valence-electron chi connectivity index (χ3n) is 4.52. The van der Waals surface area contributed by atoms with Crippen molar-refractivity contribution < 1.29 is 4.52 Å². The summed E-state index contributed by atoms with van der Waals surface area (Å²) in [5.74, 6) is 0.893. The monoisotopic (exact) mass is 347 g/mol. The first-order valence-electron chi connectivity index (χ1n) is 7.63. The highest BCUT2D eigenvalue weighted by molar-refractivity contribution is 5.85. The van der Waals surface area contributed by atoms with Gasteiger partial charge in [-0.2, -0.15) is 4.98 Å². The maximum Gasteiger partial charge on any atom is 0.261 e. The molecule has 126 valence electrons. The number of para-hydroxylation sites is 1. The number of hydrogen-bond donors (Lipinski definition) is 1. The van der Waals surface area contributed by atoms with Crippen LogP contribution in [-0.2, 0) is 12.1 Å². The van der Waals surface area contributed by atoms with Crippen LogP contribution < -0.4 is 11.3 Å². The number of aromatic nitrogens is 4. The zero-order valence-corrected chi connectivity index (χ0v) is 14.0. The maximum absolute atomic E-state index is 12.6. The van der Waals surface area contributed by atoms with Crippen molar-refractivity contribution in [1.82, 2.24) is 19.7 Å². The van der Waals surface area contributed by atoms with Crippen LogP contribution in [0, 0.1) is 6.92 Å². The molecule has 2 N–H and O–H groups in total. The summed E-state index contributed by atoms with van der Waals surface area (Å²) in [6.07, 6.45) is 4.32. The third-order valence-corrected chi connectivity index (χ3v) is 4.52. The Morgan fingerprint density at radius 1 is 1.38 bits per heavy atom.